The second-order valence-corrected chi connectivity index (χ2v) is 4.34. The summed E-state index contributed by atoms with van der Waals surface area (Å²) in [6.07, 6.45) is 5.45. The molecule has 0 unspecified atom stereocenters. The Morgan fingerprint density at radius 2 is 2.19 bits per heavy atom. The van der Waals surface area contributed by atoms with Crippen molar-refractivity contribution >= 4 is 23.0 Å². The molecular weight excluding hydrogens is 222 g/mol. The minimum atomic E-state index is 0.498. The van der Waals surface area contributed by atoms with Gasteiger partial charge in [0.05, 0.1) is 16.8 Å². The zero-order valence-corrected chi connectivity index (χ0v) is 9.40. The predicted octanol–water partition coefficient (Wildman–Crippen LogP) is 1.74. The molecular formula is C10H9N5S. The van der Waals surface area contributed by atoms with Gasteiger partial charge in [0.15, 0.2) is 5.65 Å². The van der Waals surface area contributed by atoms with Gasteiger partial charge in [-0.25, -0.2) is 14.3 Å². The summed E-state index contributed by atoms with van der Waals surface area (Å²) < 4.78 is 5.97. The van der Waals surface area contributed by atoms with Gasteiger partial charge in [0.25, 0.3) is 0 Å². The Hall–Kier alpha value is -1.95. The van der Waals surface area contributed by atoms with E-state index in [0.29, 0.717) is 5.82 Å². The fraction of sp³-hybridized carbons (Fsp3) is 0.100. The lowest BCUT2D eigenvalue weighted by molar-refractivity contribution is 1.08. The van der Waals surface area contributed by atoms with Crippen molar-refractivity contribution in [1.82, 2.24) is 18.7 Å². The van der Waals surface area contributed by atoms with E-state index in [4.69, 9.17) is 5.73 Å². The van der Waals surface area contributed by atoms with E-state index in [1.54, 1.807) is 12.4 Å². The highest BCUT2D eigenvalue weighted by Gasteiger charge is 2.11. The van der Waals surface area contributed by atoms with Crippen LogP contribution in [0.5, 0.6) is 0 Å². The van der Waals surface area contributed by atoms with E-state index >= 15 is 0 Å². The molecule has 0 amide bonds. The Labute approximate surface area is 95.8 Å². The molecule has 0 radical (unpaired) electrons. The predicted molar refractivity (Wildman–Crippen MR) is 63.2 cm³/mol. The largest absolute Gasteiger partial charge is 0.382 e. The lowest BCUT2D eigenvalue weighted by Crippen LogP contribution is -1.93. The van der Waals surface area contributed by atoms with Gasteiger partial charge >= 0.3 is 0 Å². The summed E-state index contributed by atoms with van der Waals surface area (Å²) in [5.41, 5.74) is 8.22. The van der Waals surface area contributed by atoms with Crippen LogP contribution in [-0.2, 0) is 0 Å². The summed E-state index contributed by atoms with van der Waals surface area (Å²) in [4.78, 5) is 9.76. The number of nitrogens with two attached hydrogens (primary N) is 1. The first-order valence-electron chi connectivity index (χ1n) is 4.77. The molecule has 2 N–H and O–H groups in total. The summed E-state index contributed by atoms with van der Waals surface area (Å²) >= 11 is 1.40. The number of nitrogens with zero attached hydrogens (tertiary/aromatic N) is 4. The van der Waals surface area contributed by atoms with Crippen LogP contribution >= 0.6 is 11.5 Å². The van der Waals surface area contributed by atoms with Gasteiger partial charge in [-0.1, -0.05) is 0 Å². The number of aromatic nitrogens is 4. The molecule has 3 rings (SSSR count). The van der Waals surface area contributed by atoms with Crippen molar-refractivity contribution in [2.45, 2.75) is 6.92 Å². The number of fused-ring (bicyclic) bond motifs is 1. The average molecular weight is 231 g/mol. The zero-order chi connectivity index (χ0) is 11.1. The minimum Gasteiger partial charge on any atom is -0.382 e. The first-order chi connectivity index (χ1) is 7.74. The van der Waals surface area contributed by atoms with Gasteiger partial charge in [-0.2, -0.15) is 0 Å². The van der Waals surface area contributed by atoms with Crippen LogP contribution in [0.25, 0.3) is 16.2 Å². The SMILES string of the molecule is Cc1cn2cc(N)nc2c(-c2ccns2)n1. The summed E-state index contributed by atoms with van der Waals surface area (Å²) in [5.74, 6) is 0.498. The van der Waals surface area contributed by atoms with Crippen LogP contribution < -0.4 is 5.73 Å². The third-order valence-electron chi connectivity index (χ3n) is 2.25. The van der Waals surface area contributed by atoms with Crippen molar-refractivity contribution in [1.29, 1.82) is 0 Å². The molecule has 3 heterocycles. The van der Waals surface area contributed by atoms with Crippen molar-refractivity contribution in [3.05, 3.63) is 30.4 Å². The normalized spacial score (nSPS) is 11.1. The number of rotatable bonds is 1. The highest BCUT2D eigenvalue weighted by Crippen LogP contribution is 2.25. The molecule has 0 saturated heterocycles. The maximum atomic E-state index is 5.69. The Bertz CT molecular complexity index is 641. The van der Waals surface area contributed by atoms with Crippen molar-refractivity contribution in [3.8, 4) is 10.6 Å². The number of anilines is 1. The number of nitrogen functional groups attached to an aromatic ring is 1. The summed E-state index contributed by atoms with van der Waals surface area (Å²) in [5, 5.41) is 0. The summed E-state index contributed by atoms with van der Waals surface area (Å²) in [6.45, 7) is 1.94. The first-order valence-corrected chi connectivity index (χ1v) is 5.54. The molecule has 0 aromatic carbocycles. The maximum Gasteiger partial charge on any atom is 0.166 e. The van der Waals surface area contributed by atoms with E-state index in [1.807, 2.05) is 23.6 Å². The van der Waals surface area contributed by atoms with Crippen LogP contribution in [0.15, 0.2) is 24.7 Å². The van der Waals surface area contributed by atoms with Gasteiger partial charge in [0, 0.05) is 12.4 Å². The van der Waals surface area contributed by atoms with Crippen LogP contribution in [0.4, 0.5) is 5.82 Å². The first kappa shape index (κ1) is 9.29. The van der Waals surface area contributed by atoms with Crippen LogP contribution in [0.2, 0.25) is 0 Å². The Morgan fingerprint density at radius 1 is 1.31 bits per heavy atom. The van der Waals surface area contributed by atoms with E-state index in [9.17, 15) is 0 Å². The molecule has 5 nitrogen and oxygen atoms in total. The van der Waals surface area contributed by atoms with Crippen LogP contribution in [0.3, 0.4) is 0 Å². The van der Waals surface area contributed by atoms with E-state index < -0.39 is 0 Å². The van der Waals surface area contributed by atoms with Crippen LogP contribution in [0, 0.1) is 6.92 Å². The molecule has 6 heteroatoms. The fourth-order valence-corrected chi connectivity index (χ4v) is 2.23. The van der Waals surface area contributed by atoms with E-state index in [1.165, 1.54) is 11.5 Å². The van der Waals surface area contributed by atoms with E-state index in [-0.39, 0.29) is 0 Å². The van der Waals surface area contributed by atoms with Crippen LogP contribution in [0.1, 0.15) is 5.69 Å². The van der Waals surface area contributed by atoms with Gasteiger partial charge in [-0.15, -0.1) is 0 Å². The van der Waals surface area contributed by atoms with Crippen molar-refractivity contribution in [2.75, 3.05) is 5.73 Å². The molecule has 0 aliphatic carbocycles. The van der Waals surface area contributed by atoms with E-state index in [0.717, 1.165) is 21.9 Å². The minimum absolute atomic E-state index is 0.498. The molecule has 3 aromatic heterocycles. The summed E-state index contributed by atoms with van der Waals surface area (Å²) in [7, 11) is 0. The highest BCUT2D eigenvalue weighted by molar-refractivity contribution is 7.09. The van der Waals surface area contributed by atoms with E-state index in [2.05, 4.69) is 14.3 Å². The molecule has 0 spiro atoms. The molecule has 3 aromatic rings. The second-order valence-electron chi connectivity index (χ2n) is 3.50. The fourth-order valence-electron chi connectivity index (χ4n) is 1.65. The van der Waals surface area contributed by atoms with Crippen molar-refractivity contribution in [3.63, 3.8) is 0 Å². The number of hydrogen-bond donors (Lipinski definition) is 1. The monoisotopic (exact) mass is 231 g/mol. The number of aryl methyl sites for hydroxylation is 1. The Morgan fingerprint density at radius 3 is 2.94 bits per heavy atom. The Kier molecular flexibility index (Phi) is 1.90. The molecule has 0 aliphatic rings. The zero-order valence-electron chi connectivity index (χ0n) is 8.58. The lowest BCUT2D eigenvalue weighted by Gasteiger charge is -2.01. The van der Waals surface area contributed by atoms with Gasteiger partial charge in [-0.05, 0) is 24.5 Å². The third kappa shape index (κ3) is 1.35. The highest BCUT2D eigenvalue weighted by atomic mass is 32.1. The topological polar surface area (TPSA) is 69.1 Å². The third-order valence-corrected chi connectivity index (χ3v) is 3.00. The van der Waals surface area contributed by atoms with Crippen molar-refractivity contribution < 1.29 is 0 Å². The maximum absolute atomic E-state index is 5.69. The molecule has 0 bridgehead atoms. The number of hydrogen-bond acceptors (Lipinski definition) is 5. The Balaban J connectivity index is 2.38. The van der Waals surface area contributed by atoms with Gasteiger partial charge < -0.3 is 10.1 Å². The van der Waals surface area contributed by atoms with Gasteiger partial charge in [0.2, 0.25) is 0 Å². The smallest absolute Gasteiger partial charge is 0.166 e. The quantitative estimate of drug-likeness (QED) is 0.692. The van der Waals surface area contributed by atoms with Crippen LogP contribution in [-0.4, -0.2) is 18.7 Å². The van der Waals surface area contributed by atoms with Gasteiger partial charge in [0.1, 0.15) is 11.5 Å². The number of imidazole rings is 1. The molecule has 80 valence electrons. The molecule has 0 aliphatic heterocycles. The molecule has 0 fully saturated rings. The lowest BCUT2D eigenvalue weighted by atomic mass is 10.3. The standard InChI is InChI=1S/C10H9N5S/c1-6-4-15-5-8(11)14-10(15)9(13-6)7-2-3-12-16-7/h2-5H,11H2,1H3. The van der Waals surface area contributed by atoms with Crippen molar-refractivity contribution in [2.24, 2.45) is 0 Å². The van der Waals surface area contributed by atoms with Gasteiger partial charge in [-0.3, -0.25) is 0 Å². The molecule has 16 heavy (non-hydrogen) atoms. The molecule has 0 saturated carbocycles. The summed E-state index contributed by atoms with van der Waals surface area (Å²) in [6, 6.07) is 1.93. The average Bonchev–Trinajstić information content (AvgIpc) is 2.83. The second kappa shape index (κ2) is 3.28. The molecule has 0 atom stereocenters.